The average molecular weight is 252 g/mol. The van der Waals surface area contributed by atoms with Crippen LogP contribution >= 0.6 is 0 Å². The van der Waals surface area contributed by atoms with Crippen LogP contribution in [0, 0.1) is 6.92 Å². The first-order valence-corrected chi connectivity index (χ1v) is 5.10. The highest BCUT2D eigenvalue weighted by molar-refractivity contribution is 5.09. The van der Waals surface area contributed by atoms with Gasteiger partial charge in [-0.15, -0.1) is 0 Å². The Hall–Kier alpha value is -1.08. The van der Waals surface area contributed by atoms with Gasteiger partial charge in [-0.25, -0.2) is 0 Å². The molecule has 0 amide bonds. The Morgan fingerprint density at radius 3 is 2.65 bits per heavy atom. The van der Waals surface area contributed by atoms with Gasteiger partial charge in [0.15, 0.2) is 0 Å². The van der Waals surface area contributed by atoms with Crippen molar-refractivity contribution >= 4 is 0 Å². The fourth-order valence-corrected chi connectivity index (χ4v) is 1.47. The van der Waals surface area contributed by atoms with Crippen molar-refractivity contribution in [2.45, 2.75) is 25.6 Å². The van der Waals surface area contributed by atoms with Crippen molar-refractivity contribution in [1.29, 1.82) is 0 Å². The molecule has 1 unspecified atom stereocenters. The molecule has 0 saturated heterocycles. The Bertz CT molecular complexity index is 363. The Morgan fingerprint density at radius 1 is 1.53 bits per heavy atom. The molecular formula is C10H15F3N2O2. The molecular weight excluding hydrogens is 237 g/mol. The van der Waals surface area contributed by atoms with E-state index in [1.165, 1.54) is 0 Å². The number of hydrogen-bond donors (Lipinski definition) is 1. The summed E-state index contributed by atoms with van der Waals surface area (Å²) in [5.74, 6) is 0. The molecule has 1 aromatic rings. The van der Waals surface area contributed by atoms with Gasteiger partial charge in [0.1, 0.15) is 6.61 Å². The number of hydrogen-bond acceptors (Lipinski definition) is 3. The van der Waals surface area contributed by atoms with Crippen molar-refractivity contribution in [3.05, 3.63) is 17.5 Å². The van der Waals surface area contributed by atoms with Gasteiger partial charge in [0.2, 0.25) is 0 Å². The molecule has 1 N–H and O–H groups in total. The molecule has 0 aromatic carbocycles. The molecule has 1 aromatic heterocycles. The second kappa shape index (κ2) is 5.50. The van der Waals surface area contributed by atoms with E-state index in [9.17, 15) is 18.3 Å². The predicted octanol–water partition coefficient (Wildman–Crippen LogP) is 1.21. The standard InChI is InChI=1S/C10H15F3N2O2/c1-7-3-8(15(2)14-7)4-9(16)5-17-6-10(11,12)13/h3,9,16H,4-6H2,1-2H3. The maximum Gasteiger partial charge on any atom is 0.411 e. The van der Waals surface area contributed by atoms with Gasteiger partial charge in [0.05, 0.1) is 18.4 Å². The summed E-state index contributed by atoms with van der Waals surface area (Å²) < 4.78 is 41.3. The van der Waals surface area contributed by atoms with E-state index in [0.717, 1.165) is 11.4 Å². The third kappa shape index (κ3) is 5.18. The fourth-order valence-electron chi connectivity index (χ4n) is 1.47. The summed E-state index contributed by atoms with van der Waals surface area (Å²) in [5.41, 5.74) is 1.55. The van der Waals surface area contributed by atoms with Crippen LogP contribution in [0.1, 0.15) is 11.4 Å². The van der Waals surface area contributed by atoms with E-state index < -0.39 is 18.9 Å². The monoisotopic (exact) mass is 252 g/mol. The number of aliphatic hydroxyl groups is 1. The Balaban J connectivity index is 2.35. The molecule has 98 valence electrons. The molecule has 0 bridgehead atoms. The SMILES string of the molecule is Cc1cc(CC(O)COCC(F)(F)F)n(C)n1. The minimum absolute atomic E-state index is 0.217. The zero-order valence-corrected chi connectivity index (χ0v) is 9.66. The van der Waals surface area contributed by atoms with E-state index >= 15 is 0 Å². The van der Waals surface area contributed by atoms with Crippen molar-refractivity contribution in [3.63, 3.8) is 0 Å². The molecule has 1 heterocycles. The van der Waals surface area contributed by atoms with Crippen LogP contribution < -0.4 is 0 Å². The summed E-state index contributed by atoms with van der Waals surface area (Å²) in [4.78, 5) is 0. The van der Waals surface area contributed by atoms with Gasteiger partial charge in [-0.1, -0.05) is 0 Å². The molecule has 0 fully saturated rings. The van der Waals surface area contributed by atoms with E-state index in [-0.39, 0.29) is 13.0 Å². The molecule has 4 nitrogen and oxygen atoms in total. The normalized spacial score (nSPS) is 14.0. The van der Waals surface area contributed by atoms with Crippen LogP contribution in [0.3, 0.4) is 0 Å². The first kappa shape index (κ1) is 14.0. The summed E-state index contributed by atoms with van der Waals surface area (Å²) in [5, 5.41) is 13.6. The number of halogens is 3. The number of rotatable bonds is 5. The number of alkyl halides is 3. The Labute approximate surface area is 97.0 Å². The summed E-state index contributed by atoms with van der Waals surface area (Å²) in [6.45, 7) is 0.119. The van der Waals surface area contributed by atoms with Crippen LogP contribution in [-0.2, 0) is 18.2 Å². The molecule has 17 heavy (non-hydrogen) atoms. The van der Waals surface area contributed by atoms with Gasteiger partial charge in [-0.3, -0.25) is 4.68 Å². The number of ether oxygens (including phenoxy) is 1. The summed E-state index contributed by atoms with van der Waals surface area (Å²) in [7, 11) is 1.71. The van der Waals surface area contributed by atoms with E-state index in [2.05, 4.69) is 9.84 Å². The van der Waals surface area contributed by atoms with Crippen LogP contribution in [0.4, 0.5) is 13.2 Å². The molecule has 0 aliphatic carbocycles. The van der Waals surface area contributed by atoms with Gasteiger partial charge >= 0.3 is 6.18 Å². The van der Waals surface area contributed by atoms with Crippen LogP contribution in [0.2, 0.25) is 0 Å². The topological polar surface area (TPSA) is 47.3 Å². The van der Waals surface area contributed by atoms with Crippen molar-refractivity contribution in [2.75, 3.05) is 13.2 Å². The van der Waals surface area contributed by atoms with Crippen molar-refractivity contribution in [1.82, 2.24) is 9.78 Å². The van der Waals surface area contributed by atoms with Gasteiger partial charge < -0.3 is 9.84 Å². The van der Waals surface area contributed by atoms with Crippen molar-refractivity contribution in [2.24, 2.45) is 7.05 Å². The largest absolute Gasteiger partial charge is 0.411 e. The fraction of sp³-hybridized carbons (Fsp3) is 0.700. The molecule has 7 heteroatoms. The Morgan fingerprint density at radius 2 is 2.18 bits per heavy atom. The number of aryl methyl sites for hydroxylation is 2. The van der Waals surface area contributed by atoms with Crippen LogP contribution in [0.15, 0.2) is 6.07 Å². The lowest BCUT2D eigenvalue weighted by Gasteiger charge is -2.12. The molecule has 0 saturated carbocycles. The van der Waals surface area contributed by atoms with Crippen molar-refractivity contribution < 1.29 is 23.0 Å². The van der Waals surface area contributed by atoms with Crippen molar-refractivity contribution in [3.8, 4) is 0 Å². The number of aliphatic hydroxyl groups excluding tert-OH is 1. The van der Waals surface area contributed by atoms with Gasteiger partial charge in [0.25, 0.3) is 0 Å². The molecule has 1 atom stereocenters. The molecule has 0 radical (unpaired) electrons. The number of aromatic nitrogens is 2. The smallest absolute Gasteiger partial charge is 0.390 e. The zero-order chi connectivity index (χ0) is 13.1. The third-order valence-electron chi connectivity index (χ3n) is 2.12. The average Bonchev–Trinajstić information content (AvgIpc) is 2.42. The molecule has 0 aliphatic rings. The highest BCUT2D eigenvalue weighted by Gasteiger charge is 2.27. The van der Waals surface area contributed by atoms with Crippen LogP contribution in [0.5, 0.6) is 0 Å². The minimum atomic E-state index is -4.36. The van der Waals surface area contributed by atoms with E-state index in [4.69, 9.17) is 0 Å². The maximum absolute atomic E-state index is 11.8. The van der Waals surface area contributed by atoms with E-state index in [1.807, 2.05) is 0 Å². The van der Waals surface area contributed by atoms with Crippen LogP contribution in [-0.4, -0.2) is 40.4 Å². The summed E-state index contributed by atoms with van der Waals surface area (Å²) >= 11 is 0. The summed E-state index contributed by atoms with van der Waals surface area (Å²) in [6, 6.07) is 1.77. The predicted molar refractivity (Wildman–Crippen MR) is 54.5 cm³/mol. The molecule has 0 aliphatic heterocycles. The third-order valence-corrected chi connectivity index (χ3v) is 2.12. The van der Waals surface area contributed by atoms with E-state index in [0.29, 0.717) is 0 Å². The summed E-state index contributed by atoms with van der Waals surface area (Å²) in [6.07, 6.45) is -5.11. The van der Waals surface area contributed by atoms with Gasteiger partial charge in [0, 0.05) is 19.2 Å². The Kier molecular flexibility index (Phi) is 4.53. The van der Waals surface area contributed by atoms with Gasteiger partial charge in [-0.05, 0) is 13.0 Å². The maximum atomic E-state index is 11.8. The lowest BCUT2D eigenvalue weighted by Crippen LogP contribution is -2.24. The second-order valence-corrected chi connectivity index (χ2v) is 3.89. The highest BCUT2D eigenvalue weighted by Crippen LogP contribution is 2.14. The molecule has 1 rings (SSSR count). The zero-order valence-electron chi connectivity index (χ0n) is 9.66. The second-order valence-electron chi connectivity index (χ2n) is 3.89. The van der Waals surface area contributed by atoms with Crippen LogP contribution in [0.25, 0.3) is 0 Å². The van der Waals surface area contributed by atoms with Gasteiger partial charge in [-0.2, -0.15) is 18.3 Å². The lowest BCUT2D eigenvalue weighted by molar-refractivity contribution is -0.179. The highest BCUT2D eigenvalue weighted by atomic mass is 19.4. The first-order valence-electron chi connectivity index (χ1n) is 5.10. The quantitative estimate of drug-likeness (QED) is 0.856. The first-order chi connectivity index (χ1) is 7.78. The van der Waals surface area contributed by atoms with E-state index in [1.54, 1.807) is 24.7 Å². The lowest BCUT2D eigenvalue weighted by atomic mass is 10.2. The number of nitrogens with zero attached hydrogens (tertiary/aromatic N) is 2. The minimum Gasteiger partial charge on any atom is -0.390 e. The molecule has 0 spiro atoms.